The number of guanidine groups is 1. The summed E-state index contributed by atoms with van der Waals surface area (Å²) >= 11 is 1.67. The Bertz CT molecular complexity index is 454. The lowest BCUT2D eigenvalue weighted by Crippen LogP contribution is -2.31. The molecule has 4 nitrogen and oxygen atoms in total. The van der Waals surface area contributed by atoms with Crippen molar-refractivity contribution >= 4 is 40.6 Å². The number of aryl methyl sites for hydroxylation is 1. The molecule has 1 aromatic rings. The van der Waals surface area contributed by atoms with Crippen molar-refractivity contribution in [2.75, 3.05) is 6.54 Å². The molecular formula is C9H10ClN3OS. The zero-order valence-corrected chi connectivity index (χ0v) is 9.74. The molecule has 1 amide bonds. The molecule has 2 aliphatic rings. The van der Waals surface area contributed by atoms with E-state index in [-0.39, 0.29) is 18.3 Å². The summed E-state index contributed by atoms with van der Waals surface area (Å²) in [5.41, 5.74) is 1.23. The van der Waals surface area contributed by atoms with E-state index < -0.39 is 0 Å². The van der Waals surface area contributed by atoms with E-state index in [1.807, 2.05) is 4.90 Å². The van der Waals surface area contributed by atoms with Gasteiger partial charge in [0.2, 0.25) is 11.9 Å². The van der Waals surface area contributed by atoms with E-state index in [9.17, 15) is 4.79 Å². The normalized spacial score (nSPS) is 17.5. The molecule has 6 heteroatoms. The molecule has 1 N–H and O–H groups in total. The molecule has 1 aromatic heterocycles. The Morgan fingerprint density at radius 3 is 3.13 bits per heavy atom. The number of halogens is 1. The van der Waals surface area contributed by atoms with Gasteiger partial charge in [-0.15, -0.1) is 23.7 Å². The van der Waals surface area contributed by atoms with Crippen molar-refractivity contribution in [3.05, 3.63) is 16.5 Å². The number of carbonyl (C=O) groups is 1. The van der Waals surface area contributed by atoms with Crippen LogP contribution in [0.2, 0.25) is 0 Å². The van der Waals surface area contributed by atoms with E-state index in [1.54, 1.807) is 11.3 Å². The zero-order valence-electron chi connectivity index (χ0n) is 8.11. The van der Waals surface area contributed by atoms with Gasteiger partial charge >= 0.3 is 0 Å². The summed E-state index contributed by atoms with van der Waals surface area (Å²) in [4.78, 5) is 18.8. The number of amides is 1. The van der Waals surface area contributed by atoms with Crippen LogP contribution in [-0.2, 0) is 11.3 Å². The number of fused-ring (bicyclic) bond motifs is 2. The van der Waals surface area contributed by atoms with Gasteiger partial charge in [-0.25, -0.2) is 4.99 Å². The highest BCUT2D eigenvalue weighted by Gasteiger charge is 2.29. The fourth-order valence-electron chi connectivity index (χ4n) is 1.79. The zero-order chi connectivity index (χ0) is 9.71. The van der Waals surface area contributed by atoms with Gasteiger partial charge in [0.15, 0.2) is 0 Å². The van der Waals surface area contributed by atoms with Crippen LogP contribution in [0, 0.1) is 6.92 Å². The Morgan fingerprint density at radius 2 is 2.33 bits per heavy atom. The van der Waals surface area contributed by atoms with Crippen molar-refractivity contribution < 1.29 is 4.79 Å². The number of aliphatic imine (C=N–C) groups is 1. The molecule has 1 saturated heterocycles. The molecule has 0 spiro atoms. The second kappa shape index (κ2) is 3.50. The standard InChI is InChI=1S/C9H9N3OS.ClH/c1-5-2-6-3-12-4-7(13)10-9(12)11-8(6)14-5;/h2H,3-4H2,1H3,(H,10,11,13);1H. The van der Waals surface area contributed by atoms with Gasteiger partial charge in [-0.2, -0.15) is 0 Å². The molecule has 0 saturated carbocycles. The molecule has 0 bridgehead atoms. The summed E-state index contributed by atoms with van der Waals surface area (Å²) in [7, 11) is 0. The minimum absolute atomic E-state index is 0. The minimum Gasteiger partial charge on any atom is -0.329 e. The van der Waals surface area contributed by atoms with Crippen LogP contribution in [0.4, 0.5) is 5.00 Å². The first-order valence-electron chi connectivity index (χ1n) is 4.45. The van der Waals surface area contributed by atoms with Gasteiger partial charge in [0.1, 0.15) is 11.5 Å². The van der Waals surface area contributed by atoms with Crippen LogP contribution in [0.1, 0.15) is 10.4 Å². The van der Waals surface area contributed by atoms with Crippen molar-refractivity contribution in [3.63, 3.8) is 0 Å². The maximum atomic E-state index is 11.1. The molecule has 0 unspecified atom stereocenters. The molecule has 3 rings (SSSR count). The van der Waals surface area contributed by atoms with Crippen LogP contribution >= 0.6 is 23.7 Å². The highest BCUT2D eigenvalue weighted by Crippen LogP contribution is 2.34. The summed E-state index contributed by atoms with van der Waals surface area (Å²) in [6.45, 7) is 3.32. The predicted octanol–water partition coefficient (Wildman–Crippen LogP) is 1.41. The summed E-state index contributed by atoms with van der Waals surface area (Å²) in [6.07, 6.45) is 0. The van der Waals surface area contributed by atoms with E-state index >= 15 is 0 Å². The van der Waals surface area contributed by atoms with Crippen molar-refractivity contribution in [3.8, 4) is 0 Å². The average Bonchev–Trinajstić information content (AvgIpc) is 2.59. The van der Waals surface area contributed by atoms with E-state index in [1.165, 1.54) is 10.4 Å². The van der Waals surface area contributed by atoms with Crippen molar-refractivity contribution in [1.29, 1.82) is 0 Å². The Labute approximate surface area is 97.4 Å². The Hall–Kier alpha value is -1.07. The lowest BCUT2D eigenvalue weighted by atomic mass is 10.2. The molecule has 15 heavy (non-hydrogen) atoms. The lowest BCUT2D eigenvalue weighted by Gasteiger charge is -2.19. The minimum atomic E-state index is 0. The quantitative estimate of drug-likeness (QED) is 0.749. The van der Waals surface area contributed by atoms with Gasteiger partial charge in [-0.3, -0.25) is 10.1 Å². The van der Waals surface area contributed by atoms with Crippen LogP contribution in [0.3, 0.4) is 0 Å². The van der Waals surface area contributed by atoms with Crippen LogP contribution < -0.4 is 5.32 Å². The molecule has 1 fully saturated rings. The van der Waals surface area contributed by atoms with Crippen LogP contribution in [0.25, 0.3) is 0 Å². The topological polar surface area (TPSA) is 44.7 Å². The van der Waals surface area contributed by atoms with Gasteiger partial charge in [0, 0.05) is 17.0 Å². The number of rotatable bonds is 0. The first-order valence-corrected chi connectivity index (χ1v) is 5.27. The number of nitrogens with zero attached hydrogens (tertiary/aromatic N) is 2. The summed E-state index contributed by atoms with van der Waals surface area (Å²) in [5.74, 6) is 0.750. The molecule has 80 valence electrons. The van der Waals surface area contributed by atoms with Gasteiger partial charge in [0.25, 0.3) is 0 Å². The molecule has 0 aliphatic carbocycles. The first-order chi connectivity index (χ1) is 6.72. The van der Waals surface area contributed by atoms with E-state index in [0.29, 0.717) is 12.5 Å². The fourth-order valence-corrected chi connectivity index (χ4v) is 2.68. The smallest absolute Gasteiger partial charge is 0.246 e. The average molecular weight is 244 g/mol. The highest BCUT2D eigenvalue weighted by molar-refractivity contribution is 7.16. The maximum absolute atomic E-state index is 11.1. The summed E-state index contributed by atoms with van der Waals surface area (Å²) < 4.78 is 0. The van der Waals surface area contributed by atoms with E-state index in [4.69, 9.17) is 0 Å². The second-order valence-electron chi connectivity index (χ2n) is 3.53. The highest BCUT2D eigenvalue weighted by atomic mass is 35.5. The van der Waals surface area contributed by atoms with Gasteiger partial charge in [-0.05, 0) is 13.0 Å². The Balaban J connectivity index is 0.000000853. The predicted molar refractivity (Wildman–Crippen MR) is 62.0 cm³/mol. The van der Waals surface area contributed by atoms with Gasteiger partial charge < -0.3 is 4.90 Å². The van der Waals surface area contributed by atoms with Gasteiger partial charge in [-0.1, -0.05) is 0 Å². The Kier molecular flexibility index (Phi) is 2.44. The molecule has 0 radical (unpaired) electrons. The van der Waals surface area contributed by atoms with Crippen LogP contribution in [-0.4, -0.2) is 23.3 Å². The second-order valence-corrected chi connectivity index (χ2v) is 4.76. The number of hydrogen-bond acceptors (Lipinski definition) is 4. The van der Waals surface area contributed by atoms with Crippen molar-refractivity contribution in [2.45, 2.75) is 13.5 Å². The maximum Gasteiger partial charge on any atom is 0.246 e. The van der Waals surface area contributed by atoms with Crippen LogP contribution in [0.5, 0.6) is 0 Å². The largest absolute Gasteiger partial charge is 0.329 e. The third-order valence-corrected chi connectivity index (χ3v) is 3.35. The van der Waals surface area contributed by atoms with E-state index in [0.717, 1.165) is 11.5 Å². The number of carbonyl (C=O) groups excluding carboxylic acids is 1. The third-order valence-electron chi connectivity index (χ3n) is 2.36. The first kappa shape index (κ1) is 10.4. The summed E-state index contributed by atoms with van der Waals surface area (Å²) in [6, 6.07) is 2.14. The number of thiophene rings is 1. The molecular weight excluding hydrogens is 234 g/mol. The SMILES string of the molecule is Cc1cc2c(s1)N=C1NC(=O)CN1C2.Cl. The molecule has 2 aliphatic heterocycles. The van der Waals surface area contributed by atoms with Crippen molar-refractivity contribution in [1.82, 2.24) is 10.2 Å². The third kappa shape index (κ3) is 1.61. The van der Waals surface area contributed by atoms with Crippen molar-refractivity contribution in [2.24, 2.45) is 4.99 Å². The Morgan fingerprint density at radius 1 is 1.53 bits per heavy atom. The fraction of sp³-hybridized carbons (Fsp3) is 0.333. The van der Waals surface area contributed by atoms with E-state index in [2.05, 4.69) is 23.3 Å². The molecule has 0 aromatic carbocycles. The summed E-state index contributed by atoms with van der Waals surface area (Å²) in [5, 5.41) is 3.79. The molecule has 0 atom stereocenters. The molecule has 3 heterocycles. The van der Waals surface area contributed by atoms with Gasteiger partial charge in [0.05, 0.1) is 0 Å². The number of nitrogens with one attached hydrogen (secondary N) is 1. The van der Waals surface area contributed by atoms with Crippen LogP contribution in [0.15, 0.2) is 11.1 Å². The monoisotopic (exact) mass is 243 g/mol. The lowest BCUT2D eigenvalue weighted by molar-refractivity contribution is -0.118. The number of hydrogen-bond donors (Lipinski definition) is 1.